The maximum atomic E-state index is 6.66. The Morgan fingerprint density at radius 2 is 1.63 bits per heavy atom. The van der Waals surface area contributed by atoms with E-state index in [0.717, 1.165) is 10.8 Å². The summed E-state index contributed by atoms with van der Waals surface area (Å²) in [7, 11) is -4.17. The lowest BCUT2D eigenvalue weighted by Crippen LogP contribution is -2.65. The normalized spacial score (nSPS) is 20.3. The van der Waals surface area contributed by atoms with E-state index in [-0.39, 0.29) is 0 Å². The minimum absolute atomic E-state index is 0.433. The van der Waals surface area contributed by atoms with E-state index >= 15 is 0 Å². The molecule has 1 aromatic rings. The van der Waals surface area contributed by atoms with Crippen LogP contribution in [0.15, 0.2) is 18.2 Å². The second kappa shape index (κ2) is 4.91. The van der Waals surface area contributed by atoms with Crippen LogP contribution in [0.1, 0.15) is 27.7 Å². The molecule has 0 radical (unpaired) electrons. The quantitative estimate of drug-likeness (QED) is 0.752. The summed E-state index contributed by atoms with van der Waals surface area (Å²) in [5.41, 5.74) is 0.867. The largest absolute Gasteiger partial charge is 0.520 e. The monoisotopic (exact) mass is 314 g/mol. The molecule has 0 N–H and O–H groups in total. The van der Waals surface area contributed by atoms with Crippen molar-refractivity contribution in [3.63, 3.8) is 0 Å². The van der Waals surface area contributed by atoms with Crippen molar-refractivity contribution in [1.82, 2.24) is 0 Å². The fourth-order valence-electron chi connectivity index (χ4n) is 2.85. The summed E-state index contributed by atoms with van der Waals surface area (Å²) in [6.45, 7) is 13.4. The molecule has 2 rings (SSSR count). The molecule has 0 saturated carbocycles. The molecule has 106 valence electrons. The Kier molecular flexibility index (Phi) is 3.91. The SMILES string of the molecule is CC(C)[Si]1(C(C)C)Oc2ccc(Cl)cc2[Si](C)(C)O1. The highest BCUT2D eigenvalue weighted by Gasteiger charge is 2.54. The first-order valence-electron chi connectivity index (χ1n) is 6.88. The van der Waals surface area contributed by atoms with E-state index in [4.69, 9.17) is 20.1 Å². The van der Waals surface area contributed by atoms with Gasteiger partial charge in [-0.3, -0.25) is 0 Å². The van der Waals surface area contributed by atoms with Gasteiger partial charge in [-0.1, -0.05) is 39.3 Å². The molecule has 0 amide bonds. The van der Waals surface area contributed by atoms with Crippen LogP contribution < -0.4 is 9.61 Å². The van der Waals surface area contributed by atoms with Gasteiger partial charge in [-0.25, -0.2) is 0 Å². The van der Waals surface area contributed by atoms with Crippen LogP contribution >= 0.6 is 11.6 Å². The van der Waals surface area contributed by atoms with E-state index < -0.39 is 16.9 Å². The molecule has 0 aliphatic carbocycles. The zero-order valence-electron chi connectivity index (χ0n) is 12.6. The first kappa shape index (κ1) is 15.1. The van der Waals surface area contributed by atoms with Gasteiger partial charge in [0.1, 0.15) is 5.75 Å². The first-order chi connectivity index (χ1) is 8.69. The number of hydrogen-bond donors (Lipinski definition) is 0. The number of benzene rings is 1. The van der Waals surface area contributed by atoms with Crippen LogP contribution in [-0.4, -0.2) is 16.9 Å². The van der Waals surface area contributed by atoms with Gasteiger partial charge in [0.2, 0.25) is 8.32 Å². The Morgan fingerprint density at radius 3 is 2.16 bits per heavy atom. The summed E-state index contributed by atoms with van der Waals surface area (Å²) < 4.78 is 13.1. The maximum Gasteiger partial charge on any atom is 0.394 e. The molecule has 0 saturated heterocycles. The highest BCUT2D eigenvalue weighted by molar-refractivity contribution is 6.94. The van der Waals surface area contributed by atoms with Crippen molar-refractivity contribution < 1.29 is 8.54 Å². The summed E-state index contributed by atoms with van der Waals surface area (Å²) in [4.78, 5) is 0. The molecule has 0 aromatic heterocycles. The molecule has 1 aliphatic heterocycles. The highest BCUT2D eigenvalue weighted by Crippen LogP contribution is 2.41. The zero-order valence-corrected chi connectivity index (χ0v) is 15.3. The van der Waals surface area contributed by atoms with Crippen molar-refractivity contribution in [2.24, 2.45) is 0 Å². The molecule has 2 nitrogen and oxygen atoms in total. The molecular formula is C14H23ClO2Si2. The molecule has 1 aromatic carbocycles. The molecule has 19 heavy (non-hydrogen) atoms. The molecule has 0 fully saturated rings. The zero-order chi connectivity index (χ0) is 14.4. The fraction of sp³-hybridized carbons (Fsp3) is 0.571. The second-order valence-electron chi connectivity index (χ2n) is 6.39. The standard InChI is InChI=1S/C14H23ClO2Si2/c1-10(2)19(11(3)4)16-13-8-7-12(15)9-14(13)18(5,6)17-19/h7-11H,1-6H3. The van der Waals surface area contributed by atoms with Gasteiger partial charge >= 0.3 is 8.56 Å². The van der Waals surface area contributed by atoms with Gasteiger partial charge < -0.3 is 8.54 Å². The number of fused-ring (bicyclic) bond motifs is 1. The van der Waals surface area contributed by atoms with Crippen molar-refractivity contribution in [2.45, 2.75) is 51.9 Å². The number of halogens is 1. The predicted molar refractivity (Wildman–Crippen MR) is 86.2 cm³/mol. The van der Waals surface area contributed by atoms with E-state index in [0.29, 0.717) is 11.1 Å². The summed E-state index contributed by atoms with van der Waals surface area (Å²) in [5, 5.41) is 1.94. The Labute approximate surface area is 123 Å². The van der Waals surface area contributed by atoms with E-state index in [1.54, 1.807) is 0 Å². The van der Waals surface area contributed by atoms with Crippen molar-refractivity contribution in [3.8, 4) is 5.75 Å². The van der Waals surface area contributed by atoms with Gasteiger partial charge in [0, 0.05) is 21.3 Å². The third kappa shape index (κ3) is 2.51. The predicted octanol–water partition coefficient (Wildman–Crippen LogP) is 4.42. The third-order valence-corrected chi connectivity index (χ3v) is 12.9. The minimum atomic E-state index is -2.22. The van der Waals surface area contributed by atoms with Gasteiger partial charge in [0.25, 0.3) is 0 Å². The summed E-state index contributed by atoms with van der Waals surface area (Å²) in [5.74, 6) is 1.00. The Balaban J connectivity index is 2.56. The van der Waals surface area contributed by atoms with Crippen molar-refractivity contribution in [1.29, 1.82) is 0 Å². The molecule has 5 heteroatoms. The van der Waals surface area contributed by atoms with Crippen molar-refractivity contribution in [3.05, 3.63) is 23.2 Å². The Bertz CT molecular complexity index is 478. The van der Waals surface area contributed by atoms with Gasteiger partial charge in [0.15, 0.2) is 0 Å². The average Bonchev–Trinajstić information content (AvgIpc) is 2.28. The third-order valence-electron chi connectivity index (χ3n) is 3.88. The van der Waals surface area contributed by atoms with Gasteiger partial charge in [-0.15, -0.1) is 0 Å². The average molecular weight is 315 g/mol. The van der Waals surface area contributed by atoms with Gasteiger partial charge in [0.05, 0.1) is 0 Å². The van der Waals surface area contributed by atoms with Gasteiger partial charge in [-0.05, 0) is 31.3 Å². The van der Waals surface area contributed by atoms with Gasteiger partial charge in [-0.2, -0.15) is 0 Å². The number of rotatable bonds is 2. The van der Waals surface area contributed by atoms with E-state index in [2.05, 4.69) is 40.8 Å². The molecule has 0 bridgehead atoms. The van der Waals surface area contributed by atoms with Crippen LogP contribution in [0, 0.1) is 0 Å². The second-order valence-corrected chi connectivity index (χ2v) is 15.2. The Hall–Kier alpha value is -0.296. The Morgan fingerprint density at radius 1 is 1.05 bits per heavy atom. The van der Waals surface area contributed by atoms with Crippen LogP contribution in [0.5, 0.6) is 5.75 Å². The summed E-state index contributed by atoms with van der Waals surface area (Å²) in [6.07, 6.45) is 0. The van der Waals surface area contributed by atoms with E-state index in [1.165, 1.54) is 5.19 Å². The smallest absolute Gasteiger partial charge is 0.394 e. The topological polar surface area (TPSA) is 18.5 Å². The summed E-state index contributed by atoms with van der Waals surface area (Å²) in [6, 6.07) is 5.94. The van der Waals surface area contributed by atoms with Crippen LogP contribution in [0.2, 0.25) is 29.2 Å². The van der Waals surface area contributed by atoms with Crippen LogP contribution in [0.4, 0.5) is 0 Å². The van der Waals surface area contributed by atoms with Crippen LogP contribution in [0.3, 0.4) is 0 Å². The molecular weight excluding hydrogens is 292 g/mol. The number of hydrogen-bond acceptors (Lipinski definition) is 2. The molecule has 0 unspecified atom stereocenters. The lowest BCUT2D eigenvalue weighted by Gasteiger charge is -2.47. The van der Waals surface area contributed by atoms with E-state index in [9.17, 15) is 0 Å². The minimum Gasteiger partial charge on any atom is -0.520 e. The molecule has 0 atom stereocenters. The molecule has 1 aliphatic rings. The maximum absolute atomic E-state index is 6.66. The van der Waals surface area contributed by atoms with E-state index in [1.807, 2.05) is 18.2 Å². The molecule has 0 spiro atoms. The lowest BCUT2D eigenvalue weighted by atomic mass is 10.3. The summed E-state index contributed by atoms with van der Waals surface area (Å²) >= 11 is 6.12. The van der Waals surface area contributed by atoms with Crippen molar-refractivity contribution >= 4 is 33.7 Å². The fourth-order valence-corrected chi connectivity index (χ4v) is 12.5. The molecule has 1 heterocycles. The van der Waals surface area contributed by atoms with Crippen LogP contribution in [0.25, 0.3) is 0 Å². The first-order valence-corrected chi connectivity index (χ1v) is 12.1. The lowest BCUT2D eigenvalue weighted by molar-refractivity contribution is 0.339. The van der Waals surface area contributed by atoms with Crippen molar-refractivity contribution in [2.75, 3.05) is 0 Å². The highest BCUT2D eigenvalue weighted by atomic mass is 35.5. The van der Waals surface area contributed by atoms with Crippen LogP contribution in [-0.2, 0) is 4.12 Å².